The molecule has 0 aromatic heterocycles. The molecule has 0 radical (unpaired) electrons. The minimum atomic E-state index is -0.0632. The van der Waals surface area contributed by atoms with Crippen LogP contribution in [-0.4, -0.2) is 23.2 Å². The van der Waals surface area contributed by atoms with Gasteiger partial charge >= 0.3 is 11.9 Å². The Balaban J connectivity index is 4.39. The maximum Gasteiger partial charge on any atom is 0.341 e. The zero-order chi connectivity index (χ0) is 8.15. The van der Waals surface area contributed by atoms with E-state index < -0.39 is 0 Å². The molecule has 7 nitrogen and oxygen atoms in total. The summed E-state index contributed by atoms with van der Waals surface area (Å²) in [5.41, 5.74) is 10.3. The molecule has 0 aliphatic rings. The van der Waals surface area contributed by atoms with Crippen molar-refractivity contribution in [2.75, 3.05) is 0 Å². The van der Waals surface area contributed by atoms with Crippen LogP contribution >= 0.6 is 0 Å². The number of hydrazone groups is 2. The number of nitrogens with zero attached hydrogens (tertiary/aromatic N) is 3. The third kappa shape index (κ3) is 1.62. The van der Waals surface area contributed by atoms with Crippen LogP contribution in [0.25, 0.3) is 0 Å². The van der Waals surface area contributed by atoms with Crippen molar-refractivity contribution in [1.29, 1.82) is 0 Å². The average molecular weight is 144 g/mol. The van der Waals surface area contributed by atoms with Gasteiger partial charge in [-0.15, -0.1) is 0 Å². The monoisotopic (exact) mass is 144 g/mol. The Morgan fingerprint density at radius 1 is 1.10 bits per heavy atom. The standard InChI is InChI=1S/C3H10N7/c1-10(2(4)8-6)3(5)9-7/h1,6-7H2,(H2,4,8)(H2,5,9)/q+1. The van der Waals surface area contributed by atoms with Gasteiger partial charge in [0.15, 0.2) is 0 Å². The van der Waals surface area contributed by atoms with Crippen LogP contribution in [0.2, 0.25) is 0 Å². The van der Waals surface area contributed by atoms with Crippen molar-refractivity contribution >= 4 is 18.6 Å². The lowest BCUT2D eigenvalue weighted by Gasteiger charge is -1.96. The third-order valence-corrected chi connectivity index (χ3v) is 0.818. The van der Waals surface area contributed by atoms with Crippen LogP contribution in [0.5, 0.6) is 0 Å². The van der Waals surface area contributed by atoms with E-state index in [0.29, 0.717) is 0 Å². The molecule has 0 atom stereocenters. The topological polar surface area (TPSA) is 132 Å². The summed E-state index contributed by atoms with van der Waals surface area (Å²) in [5, 5.41) is 6.20. The second-order valence-corrected chi connectivity index (χ2v) is 1.40. The van der Waals surface area contributed by atoms with E-state index in [1.54, 1.807) is 0 Å². The van der Waals surface area contributed by atoms with Crippen LogP contribution in [0.1, 0.15) is 0 Å². The fourth-order valence-corrected chi connectivity index (χ4v) is 0.257. The van der Waals surface area contributed by atoms with Gasteiger partial charge in [0.25, 0.3) is 0 Å². The van der Waals surface area contributed by atoms with E-state index in [0.717, 1.165) is 4.58 Å². The first-order valence-electron chi connectivity index (χ1n) is 2.30. The molecule has 10 heavy (non-hydrogen) atoms. The second-order valence-electron chi connectivity index (χ2n) is 1.40. The van der Waals surface area contributed by atoms with E-state index in [4.69, 9.17) is 23.2 Å². The van der Waals surface area contributed by atoms with Gasteiger partial charge in [-0.1, -0.05) is 10.2 Å². The summed E-state index contributed by atoms with van der Waals surface area (Å²) < 4.78 is 1.00. The third-order valence-electron chi connectivity index (χ3n) is 0.818. The van der Waals surface area contributed by atoms with Gasteiger partial charge < -0.3 is 11.5 Å². The van der Waals surface area contributed by atoms with Crippen LogP contribution in [0.3, 0.4) is 0 Å². The summed E-state index contributed by atoms with van der Waals surface area (Å²) in [7, 11) is 0. The number of nitrogens with two attached hydrogens (primary N) is 4. The van der Waals surface area contributed by atoms with Crippen LogP contribution in [0, 0.1) is 0 Å². The fraction of sp³-hybridized carbons (Fsp3) is 0. The molecule has 0 amide bonds. The molecule has 8 N–H and O–H groups in total. The van der Waals surface area contributed by atoms with Crippen LogP contribution in [0.15, 0.2) is 10.2 Å². The molecule has 0 fully saturated rings. The SMILES string of the molecule is C=[N+](C(N)=NN)C(N)=NN. The molecule has 0 bridgehead atoms. The molecule has 0 aliphatic heterocycles. The fourth-order valence-electron chi connectivity index (χ4n) is 0.257. The smallest absolute Gasteiger partial charge is 0.318 e. The normalized spacial score (nSPS) is 13.2. The van der Waals surface area contributed by atoms with E-state index in [-0.39, 0.29) is 11.9 Å². The first kappa shape index (κ1) is 8.21. The molecule has 0 saturated heterocycles. The highest BCUT2D eigenvalue weighted by atomic mass is 15.3. The predicted octanol–water partition coefficient (Wildman–Crippen LogP) is -2.92. The van der Waals surface area contributed by atoms with Gasteiger partial charge in [-0.05, 0) is 0 Å². The molecule has 0 unspecified atom stereocenters. The molecule has 56 valence electrons. The van der Waals surface area contributed by atoms with Gasteiger partial charge in [-0.2, -0.15) is 4.58 Å². The van der Waals surface area contributed by atoms with E-state index in [9.17, 15) is 0 Å². The predicted molar refractivity (Wildman–Crippen MR) is 39.0 cm³/mol. The summed E-state index contributed by atoms with van der Waals surface area (Å²) in [6.07, 6.45) is 0. The van der Waals surface area contributed by atoms with Crippen molar-refractivity contribution in [2.24, 2.45) is 33.4 Å². The minimum Gasteiger partial charge on any atom is -0.318 e. The summed E-state index contributed by atoms with van der Waals surface area (Å²) in [6.45, 7) is 3.34. The molecule has 0 spiro atoms. The summed E-state index contributed by atoms with van der Waals surface area (Å²) in [4.78, 5) is 0. The Morgan fingerprint density at radius 3 is 1.60 bits per heavy atom. The van der Waals surface area contributed by atoms with Crippen molar-refractivity contribution in [3.8, 4) is 0 Å². The Labute approximate surface area is 57.7 Å². The zero-order valence-corrected chi connectivity index (χ0v) is 5.36. The molecule has 0 heterocycles. The molecule has 0 aromatic rings. The molecule has 7 heteroatoms. The van der Waals surface area contributed by atoms with E-state index in [2.05, 4.69) is 16.9 Å². The van der Waals surface area contributed by atoms with Gasteiger partial charge in [0.05, 0.1) is 0 Å². The maximum atomic E-state index is 5.16. The summed E-state index contributed by atoms with van der Waals surface area (Å²) in [5.74, 6) is 9.46. The van der Waals surface area contributed by atoms with Gasteiger partial charge in [0, 0.05) is 6.72 Å². The van der Waals surface area contributed by atoms with Crippen LogP contribution < -0.4 is 23.2 Å². The Bertz CT molecular complexity index is 169. The molecule has 0 aliphatic carbocycles. The van der Waals surface area contributed by atoms with Crippen molar-refractivity contribution in [3.63, 3.8) is 0 Å². The van der Waals surface area contributed by atoms with Gasteiger partial charge in [-0.3, -0.25) is 11.7 Å². The van der Waals surface area contributed by atoms with Gasteiger partial charge in [-0.25, -0.2) is 0 Å². The Hall–Kier alpha value is -1.79. The van der Waals surface area contributed by atoms with Gasteiger partial charge in [0.2, 0.25) is 0 Å². The van der Waals surface area contributed by atoms with E-state index >= 15 is 0 Å². The number of guanidine groups is 2. The molecule has 0 aromatic carbocycles. The number of hydrogen-bond acceptors (Lipinski definition) is 4. The molecule has 0 saturated carbocycles. The lowest BCUT2D eigenvalue weighted by atomic mass is 10.8. The highest BCUT2D eigenvalue weighted by Gasteiger charge is 2.06. The molecular formula is C3H10N7+. The Kier molecular flexibility index (Phi) is 2.69. The largest absolute Gasteiger partial charge is 0.341 e. The number of rotatable bonds is 0. The number of hydrogen-bond donors (Lipinski definition) is 4. The van der Waals surface area contributed by atoms with E-state index in [1.165, 1.54) is 0 Å². The molecular weight excluding hydrogens is 134 g/mol. The first-order valence-corrected chi connectivity index (χ1v) is 2.30. The summed E-state index contributed by atoms with van der Waals surface area (Å²) >= 11 is 0. The minimum absolute atomic E-state index is 0.0632. The first-order chi connectivity index (χ1) is 4.63. The van der Waals surface area contributed by atoms with E-state index in [1.807, 2.05) is 0 Å². The van der Waals surface area contributed by atoms with Crippen molar-refractivity contribution in [2.45, 2.75) is 0 Å². The lowest BCUT2D eigenvalue weighted by Crippen LogP contribution is -2.39. The van der Waals surface area contributed by atoms with Crippen LogP contribution in [-0.2, 0) is 0 Å². The highest BCUT2D eigenvalue weighted by Crippen LogP contribution is 1.68. The van der Waals surface area contributed by atoms with Crippen LogP contribution in [0.4, 0.5) is 0 Å². The zero-order valence-electron chi connectivity index (χ0n) is 5.36. The maximum absolute atomic E-state index is 5.16. The van der Waals surface area contributed by atoms with Gasteiger partial charge in [0.1, 0.15) is 0 Å². The highest BCUT2D eigenvalue weighted by molar-refractivity contribution is 5.85. The van der Waals surface area contributed by atoms with Crippen molar-refractivity contribution in [1.82, 2.24) is 0 Å². The summed E-state index contributed by atoms with van der Waals surface area (Å²) in [6, 6.07) is 0. The Morgan fingerprint density at radius 2 is 1.40 bits per heavy atom. The lowest BCUT2D eigenvalue weighted by molar-refractivity contribution is -0.263. The van der Waals surface area contributed by atoms with Crippen molar-refractivity contribution in [3.05, 3.63) is 0 Å². The second kappa shape index (κ2) is 3.28. The molecule has 0 rings (SSSR count). The average Bonchev–Trinajstić information content (AvgIpc) is 2.00. The quantitative estimate of drug-likeness (QED) is 0.0952. The van der Waals surface area contributed by atoms with Crippen molar-refractivity contribution < 1.29 is 4.58 Å².